The molecule has 0 atom stereocenters. The van der Waals surface area contributed by atoms with E-state index >= 15 is 0 Å². The van der Waals surface area contributed by atoms with Gasteiger partial charge in [-0.2, -0.15) is 0 Å². The number of nitrogens with one attached hydrogen (secondary N) is 1. The average Bonchev–Trinajstić information content (AvgIpc) is 2.42. The number of rotatable bonds is 8. The van der Waals surface area contributed by atoms with Gasteiger partial charge >= 0.3 is 0 Å². The number of carbonyl (C=O) groups excluding carboxylic acids is 1. The third kappa shape index (κ3) is 5.73. The van der Waals surface area contributed by atoms with Gasteiger partial charge in [-0.05, 0) is 30.5 Å². The Labute approximate surface area is 127 Å². The predicted octanol–water partition coefficient (Wildman–Crippen LogP) is 1.51. The summed E-state index contributed by atoms with van der Waals surface area (Å²) in [6.45, 7) is 6.39. The minimum Gasteiger partial charge on any atom is -0.483 e. The zero-order valence-corrected chi connectivity index (χ0v) is 13.7. The lowest BCUT2D eigenvalue weighted by Gasteiger charge is -2.16. The summed E-state index contributed by atoms with van der Waals surface area (Å²) in [4.78, 5) is 13.1. The summed E-state index contributed by atoms with van der Waals surface area (Å²) in [5.41, 5.74) is 3.29. The first-order valence-electron chi connectivity index (χ1n) is 7.08. The lowest BCUT2D eigenvalue weighted by molar-refractivity contribution is -0.130. The summed E-state index contributed by atoms with van der Waals surface area (Å²) in [5, 5.41) is 3.32. The van der Waals surface area contributed by atoms with Gasteiger partial charge in [0.05, 0.1) is 6.61 Å². The van der Waals surface area contributed by atoms with Gasteiger partial charge < -0.3 is 19.7 Å². The maximum absolute atomic E-state index is 11.6. The fourth-order valence-electron chi connectivity index (χ4n) is 2.04. The van der Waals surface area contributed by atoms with Crippen LogP contribution in [0.1, 0.15) is 16.7 Å². The predicted molar refractivity (Wildman–Crippen MR) is 83.7 cm³/mol. The Balaban J connectivity index is 2.64. The molecule has 0 aliphatic heterocycles. The Kier molecular flexibility index (Phi) is 7.19. The Morgan fingerprint density at radius 3 is 2.38 bits per heavy atom. The van der Waals surface area contributed by atoms with Gasteiger partial charge in [0.25, 0.3) is 5.91 Å². The van der Waals surface area contributed by atoms with Crippen molar-refractivity contribution in [2.24, 2.45) is 0 Å². The highest BCUT2D eigenvalue weighted by molar-refractivity contribution is 5.77. The van der Waals surface area contributed by atoms with Crippen molar-refractivity contribution in [1.82, 2.24) is 10.2 Å². The molecule has 0 spiro atoms. The quantitative estimate of drug-likeness (QED) is 0.738. The number of carbonyl (C=O) groups is 1. The van der Waals surface area contributed by atoms with Crippen LogP contribution in [0, 0.1) is 13.8 Å². The summed E-state index contributed by atoms with van der Waals surface area (Å²) in [6.07, 6.45) is 0. The van der Waals surface area contributed by atoms with E-state index in [1.54, 1.807) is 21.2 Å². The van der Waals surface area contributed by atoms with Crippen molar-refractivity contribution in [2.45, 2.75) is 20.4 Å². The second kappa shape index (κ2) is 8.64. The standard InChI is InChI=1S/C16H26N2O3/c1-12-8-14(10-17-6-7-20-5)9-13(2)16(12)21-11-15(19)18(3)4/h8-9,17H,6-7,10-11H2,1-5H3. The van der Waals surface area contributed by atoms with Crippen LogP contribution in [0.2, 0.25) is 0 Å². The molecule has 0 aliphatic carbocycles. The minimum absolute atomic E-state index is 0.0425. The molecule has 0 bridgehead atoms. The first-order valence-corrected chi connectivity index (χ1v) is 7.08. The summed E-state index contributed by atoms with van der Waals surface area (Å²) >= 11 is 0. The zero-order chi connectivity index (χ0) is 15.8. The third-order valence-electron chi connectivity index (χ3n) is 3.17. The molecule has 1 rings (SSSR count). The maximum Gasteiger partial charge on any atom is 0.259 e. The zero-order valence-electron chi connectivity index (χ0n) is 13.7. The van der Waals surface area contributed by atoms with Gasteiger partial charge in [0.15, 0.2) is 6.61 Å². The SMILES string of the molecule is COCCNCc1cc(C)c(OCC(=O)N(C)C)c(C)c1. The second-order valence-corrected chi connectivity index (χ2v) is 5.31. The number of benzene rings is 1. The van der Waals surface area contributed by atoms with E-state index in [9.17, 15) is 4.79 Å². The van der Waals surface area contributed by atoms with E-state index in [-0.39, 0.29) is 12.5 Å². The molecule has 0 aromatic heterocycles. The highest BCUT2D eigenvalue weighted by Crippen LogP contribution is 2.24. The number of ether oxygens (including phenoxy) is 2. The molecule has 1 amide bonds. The average molecular weight is 294 g/mol. The van der Waals surface area contributed by atoms with Gasteiger partial charge in [-0.1, -0.05) is 12.1 Å². The summed E-state index contributed by atoms with van der Waals surface area (Å²) in [5.74, 6) is 0.755. The van der Waals surface area contributed by atoms with Gasteiger partial charge in [-0.15, -0.1) is 0 Å². The number of aryl methyl sites for hydroxylation is 2. The van der Waals surface area contributed by atoms with E-state index in [1.807, 2.05) is 13.8 Å². The molecule has 0 aliphatic rings. The largest absolute Gasteiger partial charge is 0.483 e. The Bertz CT molecular complexity index is 450. The van der Waals surface area contributed by atoms with Crippen LogP contribution >= 0.6 is 0 Å². The van der Waals surface area contributed by atoms with E-state index < -0.39 is 0 Å². The number of methoxy groups -OCH3 is 1. The number of hydrogen-bond donors (Lipinski definition) is 1. The molecule has 0 saturated carbocycles. The molecule has 0 heterocycles. The first-order chi connectivity index (χ1) is 9.95. The summed E-state index contributed by atoms with van der Waals surface area (Å²) < 4.78 is 10.7. The number of amides is 1. The lowest BCUT2D eigenvalue weighted by atomic mass is 10.1. The van der Waals surface area contributed by atoms with Crippen LogP contribution in [0.15, 0.2) is 12.1 Å². The van der Waals surface area contributed by atoms with Gasteiger partial charge in [0.1, 0.15) is 5.75 Å². The van der Waals surface area contributed by atoms with Gasteiger partial charge in [-0.25, -0.2) is 0 Å². The first kappa shape index (κ1) is 17.5. The van der Waals surface area contributed by atoms with E-state index in [1.165, 1.54) is 10.5 Å². The van der Waals surface area contributed by atoms with Gasteiger partial charge in [0.2, 0.25) is 0 Å². The van der Waals surface area contributed by atoms with E-state index in [4.69, 9.17) is 9.47 Å². The number of likely N-dealkylation sites (N-methyl/N-ethyl adjacent to an activating group) is 1. The van der Waals surface area contributed by atoms with Gasteiger partial charge in [-0.3, -0.25) is 4.79 Å². The van der Waals surface area contributed by atoms with Crippen LogP contribution in [0.5, 0.6) is 5.75 Å². The Hall–Kier alpha value is -1.59. The molecular weight excluding hydrogens is 268 g/mol. The molecule has 1 N–H and O–H groups in total. The van der Waals surface area contributed by atoms with Crippen LogP contribution in [0.3, 0.4) is 0 Å². The summed E-state index contributed by atoms with van der Waals surface area (Å²) in [7, 11) is 5.14. The van der Waals surface area contributed by atoms with Crippen LogP contribution in [0.25, 0.3) is 0 Å². The molecule has 21 heavy (non-hydrogen) atoms. The highest BCUT2D eigenvalue weighted by Gasteiger charge is 2.10. The second-order valence-electron chi connectivity index (χ2n) is 5.31. The van der Waals surface area contributed by atoms with Crippen molar-refractivity contribution in [3.63, 3.8) is 0 Å². The monoisotopic (exact) mass is 294 g/mol. The molecule has 0 radical (unpaired) electrons. The smallest absolute Gasteiger partial charge is 0.259 e. The van der Waals surface area contributed by atoms with Crippen LogP contribution < -0.4 is 10.1 Å². The molecule has 1 aromatic carbocycles. The molecule has 5 nitrogen and oxygen atoms in total. The van der Waals surface area contributed by atoms with Crippen molar-refractivity contribution >= 4 is 5.91 Å². The Morgan fingerprint density at radius 2 is 1.86 bits per heavy atom. The van der Waals surface area contributed by atoms with E-state index in [0.29, 0.717) is 6.61 Å². The maximum atomic E-state index is 11.6. The molecular formula is C16H26N2O3. The van der Waals surface area contributed by atoms with Crippen molar-refractivity contribution in [1.29, 1.82) is 0 Å². The molecule has 5 heteroatoms. The molecule has 118 valence electrons. The van der Waals surface area contributed by atoms with Crippen LogP contribution in [-0.2, 0) is 16.1 Å². The molecule has 1 aromatic rings. The highest BCUT2D eigenvalue weighted by atomic mass is 16.5. The van der Waals surface area contributed by atoms with E-state index in [0.717, 1.165) is 30.0 Å². The lowest BCUT2D eigenvalue weighted by Crippen LogP contribution is -2.27. The van der Waals surface area contributed by atoms with Crippen molar-refractivity contribution < 1.29 is 14.3 Å². The normalized spacial score (nSPS) is 10.5. The third-order valence-corrected chi connectivity index (χ3v) is 3.17. The van der Waals surface area contributed by atoms with Crippen molar-refractivity contribution in [2.75, 3.05) is 41.0 Å². The van der Waals surface area contributed by atoms with Crippen molar-refractivity contribution in [3.05, 3.63) is 28.8 Å². The van der Waals surface area contributed by atoms with Crippen LogP contribution in [0.4, 0.5) is 0 Å². The molecule has 0 saturated heterocycles. The fraction of sp³-hybridized carbons (Fsp3) is 0.562. The topological polar surface area (TPSA) is 50.8 Å². The minimum atomic E-state index is -0.0425. The molecule has 0 unspecified atom stereocenters. The van der Waals surface area contributed by atoms with Gasteiger partial charge in [0, 0.05) is 34.3 Å². The Morgan fingerprint density at radius 1 is 1.24 bits per heavy atom. The molecule has 0 fully saturated rings. The fourth-order valence-corrected chi connectivity index (χ4v) is 2.04. The number of nitrogens with zero attached hydrogens (tertiary/aromatic N) is 1. The number of hydrogen-bond acceptors (Lipinski definition) is 4. The van der Waals surface area contributed by atoms with E-state index in [2.05, 4.69) is 17.4 Å². The van der Waals surface area contributed by atoms with Crippen LogP contribution in [-0.4, -0.2) is 51.8 Å². The summed E-state index contributed by atoms with van der Waals surface area (Å²) in [6, 6.07) is 4.17. The van der Waals surface area contributed by atoms with Crippen molar-refractivity contribution in [3.8, 4) is 5.75 Å².